The Morgan fingerprint density at radius 1 is 1.06 bits per heavy atom. The molecule has 0 aromatic heterocycles. The van der Waals surface area contributed by atoms with Crippen LogP contribution in [-0.4, -0.2) is 5.11 Å². The van der Waals surface area contributed by atoms with Gasteiger partial charge >= 0.3 is 0 Å². The van der Waals surface area contributed by atoms with Crippen molar-refractivity contribution in [3.05, 3.63) is 71.0 Å². The van der Waals surface area contributed by atoms with E-state index >= 15 is 0 Å². The van der Waals surface area contributed by atoms with Gasteiger partial charge in [-0.1, -0.05) is 36.4 Å². The van der Waals surface area contributed by atoms with E-state index in [0.717, 1.165) is 11.1 Å². The van der Waals surface area contributed by atoms with Crippen molar-refractivity contribution >= 4 is 0 Å². The molecule has 0 aliphatic heterocycles. The van der Waals surface area contributed by atoms with Gasteiger partial charge in [-0.15, -0.1) is 0 Å². The van der Waals surface area contributed by atoms with Crippen molar-refractivity contribution in [2.45, 2.75) is 19.4 Å². The predicted octanol–water partition coefficient (Wildman–Crippen LogP) is 3.39. The summed E-state index contributed by atoms with van der Waals surface area (Å²) in [6, 6.07) is 13.8. The largest absolute Gasteiger partial charge is 0.381 e. The summed E-state index contributed by atoms with van der Waals surface area (Å²) >= 11 is 0. The Morgan fingerprint density at radius 2 is 1.71 bits per heavy atom. The highest BCUT2D eigenvalue weighted by atomic mass is 19.1. The first-order valence-corrected chi connectivity index (χ1v) is 5.56. The van der Waals surface area contributed by atoms with Gasteiger partial charge in [-0.25, -0.2) is 4.39 Å². The number of benzene rings is 2. The fraction of sp³-hybridized carbons (Fsp3) is 0.200. The summed E-state index contributed by atoms with van der Waals surface area (Å²) in [5.41, 5.74) is 1.06. The molecule has 0 spiro atoms. The van der Waals surface area contributed by atoms with Crippen LogP contribution in [0.3, 0.4) is 0 Å². The van der Waals surface area contributed by atoms with E-state index in [4.69, 9.17) is 0 Å². The van der Waals surface area contributed by atoms with Crippen molar-refractivity contribution in [2.24, 2.45) is 0 Å². The lowest BCUT2D eigenvalue weighted by molar-refractivity contribution is 0.101. The number of aliphatic hydroxyl groups is 1. The van der Waals surface area contributed by atoms with Crippen LogP contribution in [0.15, 0.2) is 48.5 Å². The summed E-state index contributed by atoms with van der Waals surface area (Å²) in [5, 5.41) is 10.6. The maximum Gasteiger partial charge on any atom is 0.123 e. The minimum Gasteiger partial charge on any atom is -0.381 e. The second kappa shape index (κ2) is 4.30. The van der Waals surface area contributed by atoms with Crippen molar-refractivity contribution in [1.82, 2.24) is 0 Å². The maximum atomic E-state index is 13.3. The summed E-state index contributed by atoms with van der Waals surface area (Å²) in [5.74, 6) is -0.332. The minimum absolute atomic E-state index is 0.332. The molecule has 0 bridgehead atoms. The van der Waals surface area contributed by atoms with Crippen molar-refractivity contribution in [3.63, 3.8) is 0 Å². The standard InChI is InChI=1S/C15H15FO/c1-11-8-9-13(16)10-14(11)15(2,17)12-6-4-3-5-7-12/h3-10,17H,1-2H3. The quantitative estimate of drug-likeness (QED) is 0.838. The molecule has 2 aromatic rings. The number of hydrogen-bond donors (Lipinski definition) is 1. The van der Waals surface area contributed by atoms with Crippen LogP contribution in [0, 0.1) is 12.7 Å². The molecule has 0 heterocycles. The summed E-state index contributed by atoms with van der Waals surface area (Å²) in [6.07, 6.45) is 0. The zero-order valence-electron chi connectivity index (χ0n) is 9.94. The van der Waals surface area contributed by atoms with Gasteiger partial charge < -0.3 is 5.11 Å². The van der Waals surface area contributed by atoms with Gasteiger partial charge in [-0.2, -0.15) is 0 Å². The third-order valence-electron chi connectivity index (χ3n) is 3.06. The summed E-state index contributed by atoms with van der Waals surface area (Å²) in [7, 11) is 0. The van der Waals surface area contributed by atoms with Crippen LogP contribution >= 0.6 is 0 Å². The molecule has 1 nitrogen and oxygen atoms in total. The van der Waals surface area contributed by atoms with Gasteiger partial charge in [-0.3, -0.25) is 0 Å². The first-order valence-electron chi connectivity index (χ1n) is 5.56. The van der Waals surface area contributed by atoms with Crippen LogP contribution in [0.2, 0.25) is 0 Å². The molecule has 0 amide bonds. The van der Waals surface area contributed by atoms with E-state index in [2.05, 4.69) is 0 Å². The van der Waals surface area contributed by atoms with Gasteiger partial charge in [0.2, 0.25) is 0 Å². The molecule has 0 fully saturated rings. The molecule has 0 saturated heterocycles. The normalized spacial score (nSPS) is 14.4. The van der Waals surface area contributed by atoms with Gasteiger partial charge in [0.1, 0.15) is 11.4 Å². The third kappa shape index (κ3) is 2.22. The molecular formula is C15H15FO. The molecule has 17 heavy (non-hydrogen) atoms. The zero-order chi connectivity index (χ0) is 12.5. The van der Waals surface area contributed by atoms with E-state index in [0.29, 0.717) is 5.56 Å². The molecule has 0 radical (unpaired) electrons. The Labute approximate surface area is 101 Å². The fourth-order valence-corrected chi connectivity index (χ4v) is 2.04. The lowest BCUT2D eigenvalue weighted by atomic mass is 9.85. The van der Waals surface area contributed by atoms with Crippen molar-refractivity contribution in [2.75, 3.05) is 0 Å². The van der Waals surface area contributed by atoms with E-state index in [9.17, 15) is 9.50 Å². The Hall–Kier alpha value is -1.67. The van der Waals surface area contributed by atoms with Crippen LogP contribution in [0.1, 0.15) is 23.6 Å². The van der Waals surface area contributed by atoms with Crippen LogP contribution in [-0.2, 0) is 5.60 Å². The molecule has 1 N–H and O–H groups in total. The number of hydrogen-bond acceptors (Lipinski definition) is 1. The molecule has 2 rings (SSSR count). The monoisotopic (exact) mass is 230 g/mol. The average Bonchev–Trinajstić information content (AvgIpc) is 2.33. The van der Waals surface area contributed by atoms with E-state index in [1.165, 1.54) is 12.1 Å². The topological polar surface area (TPSA) is 20.2 Å². The van der Waals surface area contributed by atoms with E-state index in [-0.39, 0.29) is 5.82 Å². The Morgan fingerprint density at radius 3 is 2.35 bits per heavy atom. The van der Waals surface area contributed by atoms with Crippen LogP contribution in [0.4, 0.5) is 4.39 Å². The highest BCUT2D eigenvalue weighted by molar-refractivity contribution is 5.39. The first-order chi connectivity index (χ1) is 8.01. The van der Waals surface area contributed by atoms with Gasteiger partial charge in [0.25, 0.3) is 0 Å². The smallest absolute Gasteiger partial charge is 0.123 e. The van der Waals surface area contributed by atoms with E-state index in [1.807, 2.05) is 37.3 Å². The molecule has 1 unspecified atom stereocenters. The summed E-state index contributed by atoms with van der Waals surface area (Å²) in [4.78, 5) is 0. The maximum absolute atomic E-state index is 13.3. The van der Waals surface area contributed by atoms with Crippen molar-refractivity contribution in [3.8, 4) is 0 Å². The van der Waals surface area contributed by atoms with Gasteiger partial charge in [0.05, 0.1) is 0 Å². The Bertz CT molecular complexity index is 518. The van der Waals surface area contributed by atoms with Crippen molar-refractivity contribution < 1.29 is 9.50 Å². The summed E-state index contributed by atoms with van der Waals surface area (Å²) < 4.78 is 13.3. The number of aryl methyl sites for hydroxylation is 1. The van der Waals surface area contributed by atoms with Crippen LogP contribution in [0.25, 0.3) is 0 Å². The van der Waals surface area contributed by atoms with Crippen LogP contribution in [0.5, 0.6) is 0 Å². The Kier molecular flexibility index (Phi) is 2.99. The average molecular weight is 230 g/mol. The molecule has 0 saturated carbocycles. The van der Waals surface area contributed by atoms with Gasteiger partial charge in [0, 0.05) is 0 Å². The van der Waals surface area contributed by atoms with E-state index < -0.39 is 5.60 Å². The molecule has 88 valence electrons. The highest BCUT2D eigenvalue weighted by Gasteiger charge is 2.27. The molecule has 0 aliphatic carbocycles. The van der Waals surface area contributed by atoms with Gasteiger partial charge in [0.15, 0.2) is 0 Å². The second-order valence-corrected chi connectivity index (χ2v) is 4.40. The number of halogens is 1. The lowest BCUT2D eigenvalue weighted by Gasteiger charge is -2.26. The second-order valence-electron chi connectivity index (χ2n) is 4.40. The Balaban J connectivity index is 2.55. The fourth-order valence-electron chi connectivity index (χ4n) is 2.04. The molecule has 0 aliphatic rings. The van der Waals surface area contributed by atoms with E-state index in [1.54, 1.807) is 13.0 Å². The van der Waals surface area contributed by atoms with Gasteiger partial charge in [-0.05, 0) is 42.7 Å². The zero-order valence-corrected chi connectivity index (χ0v) is 9.94. The SMILES string of the molecule is Cc1ccc(F)cc1C(C)(O)c1ccccc1. The molecule has 2 heteroatoms. The minimum atomic E-state index is -1.17. The predicted molar refractivity (Wildman–Crippen MR) is 66.3 cm³/mol. The molecule has 1 atom stereocenters. The summed E-state index contributed by atoms with van der Waals surface area (Å²) in [6.45, 7) is 3.55. The number of rotatable bonds is 2. The first kappa shape index (κ1) is 11.8. The highest BCUT2D eigenvalue weighted by Crippen LogP contribution is 2.31. The third-order valence-corrected chi connectivity index (χ3v) is 3.06. The lowest BCUT2D eigenvalue weighted by Crippen LogP contribution is -2.24. The van der Waals surface area contributed by atoms with Crippen LogP contribution < -0.4 is 0 Å². The van der Waals surface area contributed by atoms with Crippen molar-refractivity contribution in [1.29, 1.82) is 0 Å². The molecule has 2 aromatic carbocycles. The molecular weight excluding hydrogens is 215 g/mol.